The molecule has 0 bridgehead atoms. The second kappa shape index (κ2) is 5.95. The van der Waals surface area contributed by atoms with E-state index in [0.29, 0.717) is 6.04 Å². The molecular weight excluding hydrogens is 216 g/mol. The summed E-state index contributed by atoms with van der Waals surface area (Å²) in [6, 6.07) is 1.18. The van der Waals surface area contributed by atoms with Crippen molar-refractivity contribution >= 4 is 12.6 Å². The molecule has 1 unspecified atom stereocenters. The van der Waals surface area contributed by atoms with Crippen molar-refractivity contribution < 1.29 is 0 Å². The highest BCUT2D eigenvalue weighted by molar-refractivity contribution is 7.81. The first-order chi connectivity index (χ1) is 7.43. The van der Waals surface area contributed by atoms with Gasteiger partial charge in [-0.25, -0.2) is 0 Å². The van der Waals surface area contributed by atoms with E-state index in [4.69, 9.17) is 0 Å². The van der Waals surface area contributed by atoms with E-state index in [1.54, 1.807) is 0 Å². The topological polar surface area (TPSA) is 24.1 Å². The summed E-state index contributed by atoms with van der Waals surface area (Å²) >= 11 is 4.38. The van der Waals surface area contributed by atoms with Crippen molar-refractivity contribution in [1.82, 2.24) is 10.6 Å². The standard InChI is InChI=1S/C13H24N2S/c1-5-6-12(16)14-10(2)9-13(3,4)15-11-7-8-11/h10-12,14-16H,7-9H2,1-4H3/t10?,12-/m0/s1. The van der Waals surface area contributed by atoms with Crippen molar-refractivity contribution in [2.45, 2.75) is 70.0 Å². The van der Waals surface area contributed by atoms with Gasteiger partial charge in [0, 0.05) is 17.6 Å². The van der Waals surface area contributed by atoms with Crippen molar-refractivity contribution in [3.05, 3.63) is 0 Å². The van der Waals surface area contributed by atoms with Crippen LogP contribution in [0, 0.1) is 11.8 Å². The molecule has 1 aliphatic carbocycles. The van der Waals surface area contributed by atoms with Gasteiger partial charge in [0.2, 0.25) is 0 Å². The van der Waals surface area contributed by atoms with E-state index in [2.05, 4.69) is 55.9 Å². The molecule has 1 saturated carbocycles. The first-order valence-electron chi connectivity index (χ1n) is 6.07. The van der Waals surface area contributed by atoms with Crippen LogP contribution in [0.4, 0.5) is 0 Å². The largest absolute Gasteiger partial charge is 0.309 e. The Morgan fingerprint density at radius 1 is 1.44 bits per heavy atom. The molecule has 0 aromatic heterocycles. The zero-order valence-electron chi connectivity index (χ0n) is 10.8. The van der Waals surface area contributed by atoms with E-state index in [1.807, 2.05) is 6.92 Å². The first kappa shape index (κ1) is 13.9. The minimum absolute atomic E-state index is 0.0169. The van der Waals surface area contributed by atoms with Crippen LogP contribution in [0.5, 0.6) is 0 Å². The molecule has 0 amide bonds. The lowest BCUT2D eigenvalue weighted by atomic mass is 9.96. The monoisotopic (exact) mass is 240 g/mol. The molecule has 3 heteroatoms. The van der Waals surface area contributed by atoms with Gasteiger partial charge in [-0.05, 0) is 47.0 Å². The second-order valence-corrected chi connectivity index (χ2v) is 5.89. The molecule has 2 atom stereocenters. The maximum absolute atomic E-state index is 4.38. The van der Waals surface area contributed by atoms with Crippen LogP contribution in [0.25, 0.3) is 0 Å². The zero-order chi connectivity index (χ0) is 12.2. The third kappa shape index (κ3) is 5.79. The quantitative estimate of drug-likeness (QED) is 0.376. The predicted molar refractivity (Wildman–Crippen MR) is 73.7 cm³/mol. The maximum atomic E-state index is 4.38. The Hall–Kier alpha value is -0.170. The van der Waals surface area contributed by atoms with Gasteiger partial charge >= 0.3 is 0 Å². The van der Waals surface area contributed by atoms with Crippen LogP contribution in [-0.4, -0.2) is 23.0 Å². The Morgan fingerprint density at radius 3 is 2.56 bits per heavy atom. The van der Waals surface area contributed by atoms with Crippen LogP contribution in [0.3, 0.4) is 0 Å². The number of thiol groups is 1. The number of nitrogens with one attached hydrogen (secondary N) is 2. The molecule has 0 aromatic carbocycles. The SMILES string of the molecule is CC#C[C@H](S)NC(C)CC(C)(C)NC1CC1. The van der Waals surface area contributed by atoms with Gasteiger partial charge in [0.1, 0.15) is 5.37 Å². The van der Waals surface area contributed by atoms with E-state index in [1.165, 1.54) is 12.8 Å². The van der Waals surface area contributed by atoms with Gasteiger partial charge < -0.3 is 5.32 Å². The van der Waals surface area contributed by atoms with E-state index in [-0.39, 0.29) is 10.9 Å². The van der Waals surface area contributed by atoms with Gasteiger partial charge in [-0.1, -0.05) is 5.92 Å². The Bertz CT molecular complexity index is 273. The molecule has 2 N–H and O–H groups in total. The minimum atomic E-state index is -0.0169. The van der Waals surface area contributed by atoms with Gasteiger partial charge in [-0.15, -0.1) is 18.5 Å². The Morgan fingerprint density at radius 2 is 2.06 bits per heavy atom. The average molecular weight is 240 g/mol. The fourth-order valence-electron chi connectivity index (χ4n) is 2.11. The summed E-state index contributed by atoms with van der Waals surface area (Å²) in [5, 5.41) is 7.03. The number of rotatable bonds is 6. The summed E-state index contributed by atoms with van der Waals surface area (Å²) in [4.78, 5) is 0. The molecule has 1 rings (SSSR count). The molecular formula is C13H24N2S. The third-order valence-electron chi connectivity index (χ3n) is 2.71. The lowest BCUT2D eigenvalue weighted by molar-refractivity contribution is 0.317. The van der Waals surface area contributed by atoms with Gasteiger partial charge in [0.25, 0.3) is 0 Å². The summed E-state index contributed by atoms with van der Waals surface area (Å²) in [6.45, 7) is 8.57. The smallest absolute Gasteiger partial charge is 0.113 e. The molecule has 0 saturated heterocycles. The van der Waals surface area contributed by atoms with Gasteiger partial charge in [-0.2, -0.15) is 0 Å². The van der Waals surface area contributed by atoms with Gasteiger partial charge in [-0.3, -0.25) is 5.32 Å². The fraction of sp³-hybridized carbons (Fsp3) is 0.846. The van der Waals surface area contributed by atoms with Crippen molar-refractivity contribution in [2.24, 2.45) is 0 Å². The van der Waals surface area contributed by atoms with Crippen molar-refractivity contribution in [1.29, 1.82) is 0 Å². The summed E-state index contributed by atoms with van der Waals surface area (Å²) in [5.41, 5.74) is 0.195. The average Bonchev–Trinajstić information content (AvgIpc) is 2.85. The Kier molecular flexibility index (Phi) is 5.17. The zero-order valence-corrected chi connectivity index (χ0v) is 11.7. The highest BCUT2D eigenvalue weighted by Crippen LogP contribution is 2.24. The molecule has 0 aliphatic heterocycles. The molecule has 1 aliphatic rings. The molecule has 0 aromatic rings. The fourth-order valence-corrected chi connectivity index (χ4v) is 2.50. The predicted octanol–water partition coefficient (Wildman–Crippen LogP) is 2.16. The highest BCUT2D eigenvalue weighted by Gasteiger charge is 2.30. The maximum Gasteiger partial charge on any atom is 0.113 e. The summed E-state index contributed by atoms with van der Waals surface area (Å²) in [7, 11) is 0. The van der Waals surface area contributed by atoms with Crippen LogP contribution in [0.2, 0.25) is 0 Å². The molecule has 0 spiro atoms. The first-order valence-corrected chi connectivity index (χ1v) is 6.58. The lowest BCUT2D eigenvalue weighted by Gasteiger charge is -2.30. The molecule has 92 valence electrons. The minimum Gasteiger partial charge on any atom is -0.309 e. The van der Waals surface area contributed by atoms with Gasteiger partial charge in [0.15, 0.2) is 0 Å². The number of hydrogen-bond acceptors (Lipinski definition) is 3. The molecule has 2 nitrogen and oxygen atoms in total. The van der Waals surface area contributed by atoms with Crippen molar-refractivity contribution in [2.75, 3.05) is 0 Å². The van der Waals surface area contributed by atoms with E-state index >= 15 is 0 Å². The molecule has 0 heterocycles. The number of hydrogen-bond donors (Lipinski definition) is 3. The van der Waals surface area contributed by atoms with Crippen molar-refractivity contribution in [3.63, 3.8) is 0 Å². The van der Waals surface area contributed by atoms with Crippen LogP contribution < -0.4 is 10.6 Å². The summed E-state index contributed by atoms with van der Waals surface area (Å²) < 4.78 is 0. The molecule has 0 radical (unpaired) electrons. The molecule has 1 fully saturated rings. The Labute approximate surface area is 105 Å². The van der Waals surface area contributed by atoms with Crippen LogP contribution in [-0.2, 0) is 0 Å². The molecule has 16 heavy (non-hydrogen) atoms. The van der Waals surface area contributed by atoms with E-state index in [0.717, 1.165) is 12.5 Å². The van der Waals surface area contributed by atoms with Crippen molar-refractivity contribution in [3.8, 4) is 11.8 Å². The highest BCUT2D eigenvalue weighted by atomic mass is 32.1. The normalized spacial score (nSPS) is 19.8. The second-order valence-electron chi connectivity index (χ2n) is 5.37. The van der Waals surface area contributed by atoms with Crippen LogP contribution in [0.15, 0.2) is 0 Å². The summed E-state index contributed by atoms with van der Waals surface area (Å²) in [6.07, 6.45) is 3.76. The summed E-state index contributed by atoms with van der Waals surface area (Å²) in [5.74, 6) is 5.87. The lowest BCUT2D eigenvalue weighted by Crippen LogP contribution is -2.46. The van der Waals surface area contributed by atoms with E-state index < -0.39 is 0 Å². The van der Waals surface area contributed by atoms with Crippen LogP contribution >= 0.6 is 12.6 Å². The third-order valence-corrected chi connectivity index (χ3v) is 2.99. The Balaban J connectivity index is 2.29. The van der Waals surface area contributed by atoms with Crippen LogP contribution in [0.1, 0.15) is 47.0 Å². The van der Waals surface area contributed by atoms with E-state index in [9.17, 15) is 0 Å². The van der Waals surface area contributed by atoms with Gasteiger partial charge in [0.05, 0.1) is 0 Å².